The molecule has 7 fully saturated rings. The number of allylic oxidation sites excluding steroid dienone is 2. The van der Waals surface area contributed by atoms with E-state index in [1.54, 1.807) is 26.8 Å². The quantitative estimate of drug-likeness (QED) is 0.0518. The van der Waals surface area contributed by atoms with Gasteiger partial charge in [0.1, 0.15) is 0 Å². The molecule has 8 aliphatic carbocycles. The van der Waals surface area contributed by atoms with E-state index in [4.69, 9.17) is 63.6 Å². The number of hydrogen-bond acceptors (Lipinski definition) is 6. The van der Waals surface area contributed by atoms with E-state index < -0.39 is 89.8 Å². The van der Waals surface area contributed by atoms with Crippen molar-refractivity contribution in [3.8, 4) is 34.5 Å². The monoisotopic (exact) mass is 2020 g/mol. The van der Waals surface area contributed by atoms with Gasteiger partial charge in [-0.3, -0.25) is 0 Å². The lowest BCUT2D eigenvalue weighted by Gasteiger charge is -2.42. The molecule has 0 amide bonds. The number of hydrogen-bond donors (Lipinski definition) is 1. The molecule has 1 unspecified atom stereocenters. The molecule has 0 radical (unpaired) electrons. The highest BCUT2D eigenvalue weighted by Gasteiger charge is 2.53. The van der Waals surface area contributed by atoms with Crippen LogP contribution in [-0.2, 0) is 0 Å². The van der Waals surface area contributed by atoms with Gasteiger partial charge in [0.15, 0.2) is 38.8 Å². The zero-order valence-electron chi connectivity index (χ0n) is 71.5. The van der Waals surface area contributed by atoms with E-state index in [0.717, 1.165) is 80.0 Å². The molecule has 1 atom stereocenters. The summed E-state index contributed by atoms with van der Waals surface area (Å²) in [5.74, 6) is -3.02. The van der Waals surface area contributed by atoms with Crippen molar-refractivity contribution in [1.82, 2.24) is 0 Å². The predicted molar refractivity (Wildman–Crippen MR) is 470 cm³/mol. The zero-order valence-corrected chi connectivity index (χ0v) is 80.1. The molecule has 0 bridgehead atoms. The average Bonchev–Trinajstić information content (AvgIpc) is 0.799. The summed E-state index contributed by atoms with van der Waals surface area (Å²) < 4.78 is 217. The first-order valence-electron chi connectivity index (χ1n) is 44.1. The first-order chi connectivity index (χ1) is 56.4. The molecule has 0 spiro atoms. The van der Waals surface area contributed by atoms with Gasteiger partial charge < -0.3 is 28.8 Å². The van der Waals surface area contributed by atoms with E-state index in [1.165, 1.54) is 193 Å². The van der Waals surface area contributed by atoms with Crippen LogP contribution in [0.3, 0.4) is 0 Å². The summed E-state index contributed by atoms with van der Waals surface area (Å²) in [6, 6.07) is 3.66. The first kappa shape index (κ1) is 107. The molecule has 1 N–H and O–H groups in total. The van der Waals surface area contributed by atoms with Crippen LogP contribution in [0.4, 0.5) is 61.5 Å². The second-order valence-corrected chi connectivity index (χ2v) is 38.9. The van der Waals surface area contributed by atoms with Gasteiger partial charge in [-0.25, -0.2) is 0 Å². The number of benzene rings is 3. The minimum atomic E-state index is -3.67. The molecule has 7 saturated carbocycles. The van der Waals surface area contributed by atoms with Gasteiger partial charge in [0.05, 0.1) is 30.1 Å². The van der Waals surface area contributed by atoms with Crippen molar-refractivity contribution in [3.05, 3.63) is 93.1 Å². The third-order valence-electron chi connectivity index (χ3n) is 26.7. The SMILES string of the molecule is BrBr.CCCC1CCC(C2CC=C(C(F)(F)Oc3c(C)cc(OCC)c(F)c3F)CC2)CC1.CCCC1CCC(C2CCC(=C(F)F)CC2)CC1.CCCC1CCC(C2CCC(Br)(C(F)(F)Br)CC2)CC1.CCCC1CCC(C2CCC(C(F)(F)Oc3c(C)cc(OCC)c(F)c3F)CC2)CC1.CCOc1cc(C)c(O)c(F)c1F.ClC(Cl)Cl. The molecule has 0 aliphatic heterocycles. The lowest BCUT2D eigenvalue weighted by molar-refractivity contribution is -0.225. The summed E-state index contributed by atoms with van der Waals surface area (Å²) >= 11 is 25.8. The topological polar surface area (TPSA) is 66.4 Å². The molecule has 8 aliphatic rings. The van der Waals surface area contributed by atoms with E-state index >= 15 is 0 Å². The Balaban J connectivity index is 0.000000268. The Labute approximate surface area is 749 Å². The van der Waals surface area contributed by atoms with Crippen LogP contribution in [0.1, 0.15) is 316 Å². The second-order valence-electron chi connectivity index (χ2n) is 34.5. The lowest BCUT2D eigenvalue weighted by atomic mass is 9.68. The van der Waals surface area contributed by atoms with Crippen LogP contribution in [0.25, 0.3) is 0 Å². The molecule has 3 aromatic rings. The Bertz CT molecular complexity index is 3480. The molecule has 11 rings (SSSR count). The van der Waals surface area contributed by atoms with Crippen LogP contribution in [0, 0.1) is 133 Å². The fourth-order valence-corrected chi connectivity index (χ4v) is 20.8. The van der Waals surface area contributed by atoms with Crippen molar-refractivity contribution in [2.24, 2.45) is 76.9 Å². The fourth-order valence-electron chi connectivity index (χ4n) is 20.0. The number of phenols is 1. The van der Waals surface area contributed by atoms with Gasteiger partial charge in [-0.2, -0.15) is 61.5 Å². The number of aryl methyl sites for hydroxylation is 3. The van der Waals surface area contributed by atoms with Gasteiger partial charge in [0, 0.05) is 33.8 Å². The highest BCUT2D eigenvalue weighted by Crippen LogP contribution is 2.55. The number of alkyl halides is 11. The molecular weight excluding hydrogens is 1890 g/mol. The molecule has 6 nitrogen and oxygen atoms in total. The minimum absolute atomic E-state index is 0.0696. The normalized spacial score (nSPS) is 26.7. The van der Waals surface area contributed by atoms with E-state index in [2.05, 4.69) is 87.8 Å². The lowest BCUT2D eigenvalue weighted by Crippen LogP contribution is -2.42. The molecule has 27 heteroatoms. The second kappa shape index (κ2) is 53.5. The summed E-state index contributed by atoms with van der Waals surface area (Å²) in [5.41, 5.74) is 0.712. The summed E-state index contributed by atoms with van der Waals surface area (Å²) in [6.45, 7) is 18.7. The van der Waals surface area contributed by atoms with E-state index in [-0.39, 0.29) is 65.8 Å². The Morgan fingerprint density at radius 1 is 0.437 bits per heavy atom. The summed E-state index contributed by atoms with van der Waals surface area (Å²) in [6.07, 6.45) is 34.1. The Hall–Kier alpha value is -2.25. The molecule has 3 aromatic carbocycles. The third kappa shape index (κ3) is 33.4. The number of aromatic hydroxyl groups is 1. The Kier molecular flexibility index (Phi) is 48.3. The summed E-state index contributed by atoms with van der Waals surface area (Å²) in [5, 5.41) is 9.01. The third-order valence-corrected chi connectivity index (χ3v) is 29.2. The highest BCUT2D eigenvalue weighted by molar-refractivity contribution is 9.93. The van der Waals surface area contributed by atoms with Crippen LogP contribution in [0.15, 0.2) is 41.5 Å². The van der Waals surface area contributed by atoms with Crippen LogP contribution < -0.4 is 23.7 Å². The van der Waals surface area contributed by atoms with E-state index in [1.807, 2.05) is 0 Å². The first-order valence-corrected chi connectivity index (χ1v) is 50.7. The molecule has 119 heavy (non-hydrogen) atoms. The highest BCUT2D eigenvalue weighted by atomic mass is 80.9. The van der Waals surface area contributed by atoms with Crippen molar-refractivity contribution in [3.63, 3.8) is 0 Å². The Morgan fingerprint density at radius 3 is 1.06 bits per heavy atom. The molecule has 0 heterocycles. The summed E-state index contributed by atoms with van der Waals surface area (Å²) in [4.78, 5) is -2.79. The van der Waals surface area contributed by atoms with Gasteiger partial charge >= 0.3 is 17.0 Å². The van der Waals surface area contributed by atoms with Crippen molar-refractivity contribution in [2.45, 2.75) is 345 Å². The van der Waals surface area contributed by atoms with Crippen LogP contribution >= 0.6 is 94.9 Å². The van der Waals surface area contributed by atoms with Gasteiger partial charge in [-0.1, -0.05) is 187 Å². The van der Waals surface area contributed by atoms with Crippen molar-refractivity contribution in [1.29, 1.82) is 0 Å². The van der Waals surface area contributed by atoms with Gasteiger partial charge in [0.2, 0.25) is 34.9 Å². The van der Waals surface area contributed by atoms with Gasteiger partial charge in [-0.05, 0) is 317 Å². The standard InChI is InChI=1S/C25H36F4O2.C25H34F4O2.C16H26Br2F2.C16H26F2.C9H10F2O2.CHCl3.Br2/c2*1-4-6-17-7-9-18(10-8-17)19-11-13-20(14-12-19)25(28,29)31-24-16(3)15-21(30-5-2)22(26)23(24)27;1-2-3-12-4-6-13(7-5-12)14-8-10-15(17,11-9-14)16(18,19)20;1-2-3-12-4-6-13(7-5-12)14-8-10-15(11-9-14)16(17)18;1-3-13-6-4-5(2)9(12)8(11)7(6)10;2-1(3)4;1-2/h15,17-20H,4-14H2,1-3H3;13,15,17-19H,4-12,14H2,1-3H3;12-14H,2-11H2,1H3;12-14H,2-11H2,1H3;4,12H,3H2,1-2H3;1H;. The smallest absolute Gasteiger partial charge is 0.422 e. The minimum Gasteiger partial charge on any atom is -0.505 e. The Morgan fingerprint density at radius 2 is 0.739 bits per heavy atom. The zero-order chi connectivity index (χ0) is 88.5. The van der Waals surface area contributed by atoms with Crippen LogP contribution in [-0.4, -0.2) is 50.6 Å². The van der Waals surface area contributed by atoms with Gasteiger partial charge in [-0.15, -0.1) is 0 Å². The van der Waals surface area contributed by atoms with E-state index in [0.29, 0.717) is 86.5 Å². The van der Waals surface area contributed by atoms with E-state index in [9.17, 15) is 61.5 Å². The fraction of sp³-hybridized carbons (Fsp3) is 0.761. The number of halogens is 21. The maximum Gasteiger partial charge on any atom is 0.422 e. The van der Waals surface area contributed by atoms with Crippen molar-refractivity contribution >= 4 is 94.9 Å². The number of rotatable bonds is 25. The maximum atomic E-state index is 14.9. The largest absolute Gasteiger partial charge is 0.505 e. The number of ether oxygens (including phenoxy) is 5. The van der Waals surface area contributed by atoms with Crippen molar-refractivity contribution in [2.75, 3.05) is 19.8 Å². The maximum absolute atomic E-state index is 14.9. The number of phenolic OH excluding ortho intramolecular Hbond substituents is 1. The molecule has 684 valence electrons. The van der Waals surface area contributed by atoms with Gasteiger partial charge in [0.25, 0.3) is 6.08 Å². The molecule has 0 saturated heterocycles. The van der Waals surface area contributed by atoms with Crippen LogP contribution in [0.2, 0.25) is 0 Å². The van der Waals surface area contributed by atoms with Crippen LogP contribution in [0.5, 0.6) is 34.5 Å². The molecular formula is C92H133Br4Cl3F14O6. The average molecular weight is 2030 g/mol. The predicted octanol–water partition coefficient (Wildman–Crippen LogP) is 34.9. The van der Waals surface area contributed by atoms with Crippen molar-refractivity contribution < 1.29 is 90.3 Å². The summed E-state index contributed by atoms with van der Waals surface area (Å²) in [7, 11) is 0. The molecule has 0 aromatic heterocycles.